The van der Waals surface area contributed by atoms with Crippen LogP contribution in [0.3, 0.4) is 0 Å². The van der Waals surface area contributed by atoms with Gasteiger partial charge >= 0.3 is 0 Å². The van der Waals surface area contributed by atoms with Crippen LogP contribution in [-0.4, -0.2) is 25.7 Å². The van der Waals surface area contributed by atoms with Crippen molar-refractivity contribution >= 4 is 17.7 Å². The van der Waals surface area contributed by atoms with Gasteiger partial charge in [0, 0.05) is 24.0 Å². The number of amides is 1. The molecule has 126 valence electrons. The van der Waals surface area contributed by atoms with Crippen LogP contribution in [0.2, 0.25) is 0 Å². The summed E-state index contributed by atoms with van der Waals surface area (Å²) in [7, 11) is 0. The average Bonchev–Trinajstić information content (AvgIpc) is 3.00. The molecule has 6 nitrogen and oxygen atoms in total. The summed E-state index contributed by atoms with van der Waals surface area (Å²) in [6, 6.07) is 8.65. The van der Waals surface area contributed by atoms with Gasteiger partial charge in [-0.3, -0.25) is 4.79 Å². The maximum Gasteiger partial charge on any atom is 0.250 e. The SMILES string of the molecule is Cc1cc(C)cc(-c2ncn(/C=C(/C(N)=O)c3ccnc(F)c3)n2)c1. The first-order valence-corrected chi connectivity index (χ1v) is 7.56. The first-order chi connectivity index (χ1) is 11.9. The van der Waals surface area contributed by atoms with Crippen molar-refractivity contribution in [2.75, 3.05) is 0 Å². The second-order valence-electron chi connectivity index (χ2n) is 5.70. The van der Waals surface area contributed by atoms with Gasteiger partial charge in [-0.05, 0) is 37.6 Å². The summed E-state index contributed by atoms with van der Waals surface area (Å²) in [5, 5.41) is 4.34. The van der Waals surface area contributed by atoms with Crippen LogP contribution in [0, 0.1) is 19.8 Å². The van der Waals surface area contributed by atoms with E-state index in [0.29, 0.717) is 11.4 Å². The molecule has 1 aromatic carbocycles. The molecule has 1 amide bonds. The number of hydrogen-bond acceptors (Lipinski definition) is 4. The predicted octanol–water partition coefficient (Wildman–Crippen LogP) is 2.58. The number of hydrogen-bond donors (Lipinski definition) is 1. The van der Waals surface area contributed by atoms with Gasteiger partial charge in [-0.1, -0.05) is 17.2 Å². The van der Waals surface area contributed by atoms with Crippen LogP contribution >= 0.6 is 0 Å². The number of carbonyl (C=O) groups is 1. The molecule has 2 N–H and O–H groups in total. The Labute approximate surface area is 143 Å². The zero-order valence-electron chi connectivity index (χ0n) is 13.8. The average molecular weight is 337 g/mol. The van der Waals surface area contributed by atoms with Crippen LogP contribution in [0.5, 0.6) is 0 Å². The molecule has 3 rings (SSSR count). The van der Waals surface area contributed by atoms with Gasteiger partial charge in [0.2, 0.25) is 5.95 Å². The van der Waals surface area contributed by atoms with Crippen molar-refractivity contribution < 1.29 is 9.18 Å². The van der Waals surface area contributed by atoms with Gasteiger partial charge in [-0.2, -0.15) is 4.39 Å². The lowest BCUT2D eigenvalue weighted by atomic mass is 10.1. The van der Waals surface area contributed by atoms with Gasteiger partial charge in [0.05, 0.1) is 5.57 Å². The van der Waals surface area contributed by atoms with E-state index in [1.807, 2.05) is 26.0 Å². The Morgan fingerprint density at radius 2 is 1.88 bits per heavy atom. The van der Waals surface area contributed by atoms with Crippen molar-refractivity contribution in [3.8, 4) is 11.4 Å². The smallest absolute Gasteiger partial charge is 0.250 e. The van der Waals surface area contributed by atoms with Gasteiger partial charge < -0.3 is 5.73 Å². The van der Waals surface area contributed by atoms with E-state index in [-0.39, 0.29) is 5.57 Å². The third-order valence-electron chi connectivity index (χ3n) is 3.55. The zero-order chi connectivity index (χ0) is 18.0. The fourth-order valence-electron chi connectivity index (χ4n) is 2.56. The minimum absolute atomic E-state index is 0.109. The summed E-state index contributed by atoms with van der Waals surface area (Å²) in [4.78, 5) is 19.5. The first-order valence-electron chi connectivity index (χ1n) is 7.56. The van der Waals surface area contributed by atoms with Crippen LogP contribution in [0.4, 0.5) is 4.39 Å². The molecule has 0 aliphatic rings. The van der Waals surface area contributed by atoms with Gasteiger partial charge in [0.1, 0.15) is 6.33 Å². The second kappa shape index (κ2) is 6.64. The van der Waals surface area contributed by atoms with E-state index >= 15 is 0 Å². The van der Waals surface area contributed by atoms with Crippen molar-refractivity contribution in [3.05, 3.63) is 65.5 Å². The largest absolute Gasteiger partial charge is 0.366 e. The number of aryl methyl sites for hydroxylation is 2. The van der Waals surface area contributed by atoms with Crippen LogP contribution < -0.4 is 5.73 Å². The Kier molecular flexibility index (Phi) is 4.38. The molecule has 25 heavy (non-hydrogen) atoms. The lowest BCUT2D eigenvalue weighted by molar-refractivity contribution is -0.112. The molecule has 2 aromatic heterocycles. The summed E-state index contributed by atoms with van der Waals surface area (Å²) in [6.45, 7) is 3.99. The summed E-state index contributed by atoms with van der Waals surface area (Å²) in [6.07, 6.45) is 4.15. The first kappa shape index (κ1) is 16.5. The van der Waals surface area contributed by atoms with Crippen molar-refractivity contribution in [2.24, 2.45) is 5.73 Å². The summed E-state index contributed by atoms with van der Waals surface area (Å²) < 4.78 is 14.7. The number of benzene rings is 1. The molecule has 0 aliphatic heterocycles. The Morgan fingerprint density at radius 3 is 2.52 bits per heavy atom. The summed E-state index contributed by atoms with van der Waals surface area (Å²) >= 11 is 0. The number of aromatic nitrogens is 4. The Morgan fingerprint density at radius 1 is 1.16 bits per heavy atom. The summed E-state index contributed by atoms with van der Waals surface area (Å²) in [5.74, 6) is -0.874. The van der Waals surface area contributed by atoms with E-state index in [2.05, 4.69) is 21.1 Å². The van der Waals surface area contributed by atoms with Crippen LogP contribution in [-0.2, 0) is 4.79 Å². The third-order valence-corrected chi connectivity index (χ3v) is 3.55. The number of rotatable bonds is 4. The molecule has 0 saturated carbocycles. The summed E-state index contributed by atoms with van der Waals surface area (Å²) in [5.41, 5.74) is 8.93. The molecule has 0 aliphatic carbocycles. The standard InChI is InChI=1S/C18H16FN5O/c1-11-5-12(2)7-14(6-11)18-22-10-24(23-18)9-15(17(20)25)13-3-4-21-16(19)8-13/h3-10H,1-2H3,(H2,20,25)/b15-9+. The maximum atomic E-state index is 13.3. The fourth-order valence-corrected chi connectivity index (χ4v) is 2.56. The quantitative estimate of drug-likeness (QED) is 0.585. The molecule has 0 atom stereocenters. The number of pyridine rings is 1. The predicted molar refractivity (Wildman–Crippen MR) is 92.5 cm³/mol. The molecule has 0 saturated heterocycles. The molecule has 0 spiro atoms. The van der Waals surface area contributed by atoms with Crippen molar-refractivity contribution in [1.82, 2.24) is 19.7 Å². The Balaban J connectivity index is 2.00. The number of primary amides is 1. The highest BCUT2D eigenvalue weighted by Crippen LogP contribution is 2.19. The molecule has 2 heterocycles. The lowest BCUT2D eigenvalue weighted by Crippen LogP contribution is -2.14. The monoisotopic (exact) mass is 337 g/mol. The van der Waals surface area contributed by atoms with Crippen molar-refractivity contribution in [2.45, 2.75) is 13.8 Å². The Bertz CT molecular complexity index is 957. The maximum absolute atomic E-state index is 13.3. The van der Waals surface area contributed by atoms with E-state index in [1.54, 1.807) is 0 Å². The number of carbonyl (C=O) groups excluding carboxylic acids is 1. The normalized spacial score (nSPS) is 11.6. The number of nitrogens with zero attached hydrogens (tertiary/aromatic N) is 4. The van der Waals surface area contributed by atoms with Gasteiger partial charge in [0.25, 0.3) is 5.91 Å². The third kappa shape index (κ3) is 3.77. The number of halogens is 1. The van der Waals surface area contributed by atoms with Gasteiger partial charge in [-0.15, -0.1) is 5.10 Å². The fraction of sp³-hybridized carbons (Fsp3) is 0.111. The molecular weight excluding hydrogens is 321 g/mol. The highest BCUT2D eigenvalue weighted by Gasteiger charge is 2.11. The molecule has 0 radical (unpaired) electrons. The van der Waals surface area contributed by atoms with E-state index < -0.39 is 11.9 Å². The van der Waals surface area contributed by atoms with E-state index in [9.17, 15) is 9.18 Å². The minimum atomic E-state index is -0.700. The Hall–Kier alpha value is -3.35. The highest BCUT2D eigenvalue weighted by molar-refractivity contribution is 6.22. The van der Waals surface area contributed by atoms with Gasteiger partial charge in [0.15, 0.2) is 5.82 Å². The highest BCUT2D eigenvalue weighted by atomic mass is 19.1. The molecular formula is C18H16FN5O. The van der Waals surface area contributed by atoms with Crippen molar-refractivity contribution in [3.63, 3.8) is 0 Å². The van der Waals surface area contributed by atoms with Crippen LogP contribution in [0.1, 0.15) is 16.7 Å². The van der Waals surface area contributed by atoms with Crippen LogP contribution in [0.25, 0.3) is 23.2 Å². The second-order valence-corrected chi connectivity index (χ2v) is 5.70. The van der Waals surface area contributed by atoms with E-state index in [4.69, 9.17) is 5.73 Å². The van der Waals surface area contributed by atoms with Gasteiger partial charge in [-0.25, -0.2) is 14.6 Å². The topological polar surface area (TPSA) is 86.7 Å². The van der Waals surface area contributed by atoms with Crippen molar-refractivity contribution in [1.29, 1.82) is 0 Å². The minimum Gasteiger partial charge on any atom is -0.366 e. The number of nitrogens with two attached hydrogens (primary N) is 1. The van der Waals surface area contributed by atoms with E-state index in [1.165, 1.54) is 29.5 Å². The molecule has 0 unspecified atom stereocenters. The van der Waals surface area contributed by atoms with E-state index in [0.717, 1.165) is 22.8 Å². The molecule has 3 aromatic rings. The zero-order valence-corrected chi connectivity index (χ0v) is 13.8. The molecule has 0 bridgehead atoms. The molecule has 7 heteroatoms. The lowest BCUT2D eigenvalue weighted by Gasteiger charge is -2.03. The molecule has 0 fully saturated rings. The van der Waals surface area contributed by atoms with Crippen LogP contribution in [0.15, 0.2) is 42.9 Å².